The average Bonchev–Trinajstić information content (AvgIpc) is 2.83. The van der Waals surface area contributed by atoms with E-state index >= 15 is 0 Å². The molecule has 1 N–H and O–H groups in total. The lowest BCUT2D eigenvalue weighted by molar-refractivity contribution is -0.385. The third-order valence-corrected chi connectivity index (χ3v) is 4.78. The average molecular weight is 460 g/mol. The van der Waals surface area contributed by atoms with Crippen molar-refractivity contribution in [3.8, 4) is 17.4 Å². The van der Waals surface area contributed by atoms with Crippen LogP contribution in [0.1, 0.15) is 5.56 Å². The van der Waals surface area contributed by atoms with E-state index in [-0.39, 0.29) is 22.8 Å². The van der Waals surface area contributed by atoms with E-state index in [1.54, 1.807) is 36.4 Å². The van der Waals surface area contributed by atoms with Gasteiger partial charge >= 0.3 is 6.03 Å². The summed E-state index contributed by atoms with van der Waals surface area (Å²) in [5, 5.41) is 12.9. The van der Waals surface area contributed by atoms with Crippen molar-refractivity contribution < 1.29 is 28.8 Å². The lowest BCUT2D eigenvalue weighted by Gasteiger charge is -2.26. The number of carbonyl (C=O) groups excluding carboxylic acids is 3. The summed E-state index contributed by atoms with van der Waals surface area (Å²) < 4.78 is 10.6. The maximum absolute atomic E-state index is 13.0. The molecule has 1 fully saturated rings. The first kappa shape index (κ1) is 22.1. The molecule has 0 unspecified atom stereocenters. The molecule has 0 bridgehead atoms. The van der Waals surface area contributed by atoms with Crippen LogP contribution in [0.4, 0.5) is 16.2 Å². The van der Waals surface area contributed by atoms with Gasteiger partial charge in [0.05, 0.1) is 17.7 Å². The standard InChI is InChI=1S/C23H16N4O7/c1-33-17-9-4-15(5-10-17)26-22(29)19(21(28)25-23(26)30)12-14-2-7-18(8-3-14)34-20-11-6-16(13-24-20)27(31)32/h2-13H,1H3,(H,25,28,30)/b19-12+. The zero-order valence-electron chi connectivity index (χ0n) is 17.6. The number of methoxy groups -OCH3 is 1. The van der Waals surface area contributed by atoms with Crippen LogP contribution in [0.15, 0.2) is 72.4 Å². The van der Waals surface area contributed by atoms with Crippen LogP contribution in [-0.4, -0.2) is 34.9 Å². The van der Waals surface area contributed by atoms with Crippen molar-refractivity contribution in [3.05, 3.63) is 88.1 Å². The number of urea groups is 1. The number of benzene rings is 2. The van der Waals surface area contributed by atoms with Gasteiger partial charge in [-0.3, -0.25) is 25.0 Å². The number of nitrogens with one attached hydrogen (secondary N) is 1. The second-order valence-corrected chi connectivity index (χ2v) is 6.94. The van der Waals surface area contributed by atoms with E-state index in [1.807, 2.05) is 0 Å². The zero-order chi connectivity index (χ0) is 24.2. The number of aromatic nitrogens is 1. The van der Waals surface area contributed by atoms with Gasteiger partial charge in [-0.05, 0) is 48.0 Å². The van der Waals surface area contributed by atoms with Gasteiger partial charge < -0.3 is 9.47 Å². The number of carbonyl (C=O) groups is 3. The van der Waals surface area contributed by atoms with Crippen molar-refractivity contribution in [2.45, 2.75) is 0 Å². The van der Waals surface area contributed by atoms with Crippen molar-refractivity contribution in [2.75, 3.05) is 12.0 Å². The number of barbiturate groups is 1. The molecule has 4 amide bonds. The predicted molar refractivity (Wildman–Crippen MR) is 119 cm³/mol. The predicted octanol–water partition coefficient (Wildman–Crippen LogP) is 3.46. The number of rotatable bonds is 6. The van der Waals surface area contributed by atoms with Crippen LogP contribution in [0.3, 0.4) is 0 Å². The lowest BCUT2D eigenvalue weighted by atomic mass is 10.1. The fourth-order valence-electron chi connectivity index (χ4n) is 3.08. The Morgan fingerprint density at radius 2 is 1.65 bits per heavy atom. The van der Waals surface area contributed by atoms with Gasteiger partial charge in [0, 0.05) is 12.1 Å². The number of amides is 4. The Morgan fingerprint density at radius 3 is 2.24 bits per heavy atom. The normalized spacial score (nSPS) is 14.7. The Morgan fingerprint density at radius 1 is 0.971 bits per heavy atom. The van der Waals surface area contributed by atoms with Crippen LogP contribution in [0.5, 0.6) is 17.4 Å². The summed E-state index contributed by atoms with van der Waals surface area (Å²) in [5.41, 5.74) is 0.403. The third kappa shape index (κ3) is 4.58. The second kappa shape index (κ2) is 9.20. The van der Waals surface area contributed by atoms with Crippen LogP contribution >= 0.6 is 0 Å². The fraction of sp³-hybridized carbons (Fsp3) is 0.0435. The Hall–Kier alpha value is -5.06. The van der Waals surface area contributed by atoms with Gasteiger partial charge in [0.25, 0.3) is 17.5 Å². The monoisotopic (exact) mass is 460 g/mol. The maximum atomic E-state index is 13.0. The number of hydrogen-bond donors (Lipinski definition) is 1. The van der Waals surface area contributed by atoms with E-state index in [0.29, 0.717) is 17.1 Å². The number of nitrogens with zero attached hydrogens (tertiary/aromatic N) is 3. The van der Waals surface area contributed by atoms with Crippen LogP contribution in [0, 0.1) is 10.1 Å². The molecule has 1 aliphatic heterocycles. The number of anilines is 1. The smallest absolute Gasteiger partial charge is 0.335 e. The first-order valence-electron chi connectivity index (χ1n) is 9.79. The Balaban J connectivity index is 1.53. The van der Waals surface area contributed by atoms with E-state index < -0.39 is 22.8 Å². The summed E-state index contributed by atoms with van der Waals surface area (Å²) in [4.78, 5) is 52.5. The Bertz CT molecular complexity index is 1300. The zero-order valence-corrected chi connectivity index (χ0v) is 17.6. The highest BCUT2D eigenvalue weighted by Gasteiger charge is 2.36. The summed E-state index contributed by atoms with van der Waals surface area (Å²) in [7, 11) is 1.49. The number of imide groups is 2. The molecule has 0 spiro atoms. The van der Waals surface area contributed by atoms with Gasteiger partial charge in [0.1, 0.15) is 23.3 Å². The maximum Gasteiger partial charge on any atom is 0.335 e. The molecule has 1 aromatic heterocycles. The van der Waals surface area contributed by atoms with Crippen molar-refractivity contribution in [3.63, 3.8) is 0 Å². The van der Waals surface area contributed by atoms with Gasteiger partial charge in [-0.2, -0.15) is 0 Å². The van der Waals surface area contributed by atoms with Crippen LogP contribution < -0.4 is 19.7 Å². The third-order valence-electron chi connectivity index (χ3n) is 4.78. The quantitative estimate of drug-likeness (QED) is 0.255. The molecule has 0 atom stereocenters. The summed E-state index contributed by atoms with van der Waals surface area (Å²) in [5.74, 6) is -0.485. The SMILES string of the molecule is COc1ccc(N2C(=O)NC(=O)/C(=C\c3ccc(Oc4ccc([N+](=O)[O-])cn4)cc3)C2=O)cc1. The van der Waals surface area contributed by atoms with E-state index in [0.717, 1.165) is 11.1 Å². The number of ether oxygens (including phenoxy) is 2. The van der Waals surface area contributed by atoms with Crippen LogP contribution in [0.25, 0.3) is 6.08 Å². The van der Waals surface area contributed by atoms with Gasteiger partial charge in [0.2, 0.25) is 5.88 Å². The van der Waals surface area contributed by atoms with Crippen molar-refractivity contribution in [2.24, 2.45) is 0 Å². The molecule has 1 saturated heterocycles. The molecule has 0 radical (unpaired) electrons. The molecular weight excluding hydrogens is 444 g/mol. The topological polar surface area (TPSA) is 141 Å². The minimum Gasteiger partial charge on any atom is -0.497 e. The summed E-state index contributed by atoms with van der Waals surface area (Å²) in [6.45, 7) is 0. The largest absolute Gasteiger partial charge is 0.497 e. The van der Waals surface area contributed by atoms with E-state index in [1.165, 1.54) is 37.5 Å². The second-order valence-electron chi connectivity index (χ2n) is 6.94. The lowest BCUT2D eigenvalue weighted by Crippen LogP contribution is -2.54. The van der Waals surface area contributed by atoms with Gasteiger partial charge in [-0.25, -0.2) is 14.7 Å². The molecule has 4 rings (SSSR count). The number of hydrogen-bond acceptors (Lipinski definition) is 8. The summed E-state index contributed by atoms with van der Waals surface area (Å²) >= 11 is 0. The first-order valence-corrected chi connectivity index (χ1v) is 9.79. The van der Waals surface area contributed by atoms with E-state index in [2.05, 4.69) is 10.3 Å². The molecule has 11 nitrogen and oxygen atoms in total. The molecule has 2 heterocycles. The highest BCUT2D eigenvalue weighted by atomic mass is 16.6. The minimum absolute atomic E-state index is 0.159. The number of nitro groups is 1. The highest BCUT2D eigenvalue weighted by Crippen LogP contribution is 2.26. The molecule has 2 aromatic carbocycles. The summed E-state index contributed by atoms with van der Waals surface area (Å²) in [6.07, 6.45) is 2.44. The molecule has 3 aromatic rings. The van der Waals surface area contributed by atoms with Crippen LogP contribution in [-0.2, 0) is 9.59 Å². The van der Waals surface area contributed by atoms with Gasteiger partial charge in [-0.15, -0.1) is 0 Å². The van der Waals surface area contributed by atoms with Crippen molar-refractivity contribution in [1.29, 1.82) is 0 Å². The van der Waals surface area contributed by atoms with E-state index in [9.17, 15) is 24.5 Å². The Kier molecular flexibility index (Phi) is 5.99. The first-order chi connectivity index (χ1) is 16.4. The van der Waals surface area contributed by atoms with E-state index in [4.69, 9.17) is 9.47 Å². The Labute approximate surface area is 192 Å². The molecule has 0 saturated carbocycles. The number of pyridine rings is 1. The van der Waals surface area contributed by atoms with Crippen molar-refractivity contribution in [1.82, 2.24) is 10.3 Å². The molecular formula is C23H16N4O7. The molecule has 170 valence electrons. The summed E-state index contributed by atoms with van der Waals surface area (Å²) in [6, 6.07) is 14.4. The van der Waals surface area contributed by atoms with Crippen molar-refractivity contribution >= 4 is 35.3 Å². The minimum atomic E-state index is -0.850. The van der Waals surface area contributed by atoms with Gasteiger partial charge in [0.15, 0.2) is 0 Å². The van der Waals surface area contributed by atoms with Crippen LogP contribution in [0.2, 0.25) is 0 Å². The van der Waals surface area contributed by atoms with Gasteiger partial charge in [-0.1, -0.05) is 12.1 Å². The highest BCUT2D eigenvalue weighted by molar-refractivity contribution is 6.39. The molecule has 1 aliphatic rings. The molecule has 11 heteroatoms. The fourth-order valence-corrected chi connectivity index (χ4v) is 3.08. The molecule has 34 heavy (non-hydrogen) atoms. The molecule has 0 aliphatic carbocycles.